The molecule has 1 atom stereocenters. The van der Waals surface area contributed by atoms with Gasteiger partial charge in [-0.2, -0.15) is 0 Å². The van der Waals surface area contributed by atoms with Gasteiger partial charge in [-0.25, -0.2) is 0 Å². The van der Waals surface area contributed by atoms with E-state index in [1.807, 2.05) is 0 Å². The lowest BCUT2D eigenvalue weighted by Crippen LogP contribution is -2.30. The molecule has 0 rings (SSSR count). The molecule has 0 N–H and O–H groups in total. The van der Waals surface area contributed by atoms with Crippen LogP contribution in [0.5, 0.6) is 0 Å². The molecule has 0 bridgehead atoms. The van der Waals surface area contributed by atoms with Gasteiger partial charge in [-0.15, -0.1) is 0 Å². The predicted octanol–water partition coefficient (Wildman–Crippen LogP) is 15.9. The van der Waals surface area contributed by atoms with Crippen LogP contribution >= 0.6 is 0 Å². The topological polar surface area (TPSA) is 78.9 Å². The van der Waals surface area contributed by atoms with Crippen molar-refractivity contribution in [3.05, 3.63) is 0 Å². The number of hydrogen-bond acceptors (Lipinski definition) is 6. The number of carbonyl (C=O) groups is 3. The van der Waals surface area contributed by atoms with Gasteiger partial charge in [0, 0.05) is 19.3 Å². The molecule has 0 aliphatic heterocycles. The van der Waals surface area contributed by atoms with Gasteiger partial charge in [0.25, 0.3) is 0 Å². The van der Waals surface area contributed by atoms with Gasteiger partial charge in [0.2, 0.25) is 0 Å². The van der Waals surface area contributed by atoms with E-state index in [1.165, 1.54) is 173 Å². The molecule has 0 radical (unpaired) electrons. The van der Waals surface area contributed by atoms with E-state index < -0.39 is 6.10 Å². The van der Waals surface area contributed by atoms with E-state index >= 15 is 0 Å². The van der Waals surface area contributed by atoms with Crippen molar-refractivity contribution >= 4 is 17.9 Å². The Morgan fingerprint density at radius 3 is 0.875 bits per heavy atom. The van der Waals surface area contributed by atoms with E-state index in [2.05, 4.69) is 27.7 Å². The molecule has 6 nitrogen and oxygen atoms in total. The summed E-state index contributed by atoms with van der Waals surface area (Å²) in [6.45, 7) is 8.96. The summed E-state index contributed by atoms with van der Waals surface area (Å²) in [5.41, 5.74) is 0. The first-order chi connectivity index (χ1) is 27.4. The normalized spacial score (nSPS) is 11.9. The largest absolute Gasteiger partial charge is 0.462 e. The molecule has 0 heterocycles. The first-order valence-corrected chi connectivity index (χ1v) is 24.9. The lowest BCUT2D eigenvalue weighted by molar-refractivity contribution is -0.167. The standard InChI is InChI=1S/C50H96O6/c1-5-7-9-11-13-15-17-18-19-20-21-22-23-24-26-30-35-39-43-50(53)56-47(44-54-48(51)41-37-33-29-25-16-14-12-10-8-6-2)45-55-49(52)42-38-34-31-27-28-32-36-40-46(3)4/h46-47H,5-45H2,1-4H3/t47-/m0/s1. The summed E-state index contributed by atoms with van der Waals surface area (Å²) >= 11 is 0. The second kappa shape index (κ2) is 44.5. The summed E-state index contributed by atoms with van der Waals surface area (Å²) in [6, 6.07) is 0. The molecule has 0 saturated carbocycles. The number of carbonyl (C=O) groups excluding carboxylic acids is 3. The van der Waals surface area contributed by atoms with Gasteiger partial charge in [0.1, 0.15) is 13.2 Å². The van der Waals surface area contributed by atoms with Gasteiger partial charge in [0.05, 0.1) is 0 Å². The zero-order valence-electron chi connectivity index (χ0n) is 38.1. The maximum absolute atomic E-state index is 12.8. The molecule has 0 spiro atoms. The molecule has 56 heavy (non-hydrogen) atoms. The van der Waals surface area contributed by atoms with Crippen molar-refractivity contribution in [2.24, 2.45) is 5.92 Å². The second-order valence-electron chi connectivity index (χ2n) is 17.6. The third-order valence-corrected chi connectivity index (χ3v) is 11.3. The van der Waals surface area contributed by atoms with Gasteiger partial charge in [-0.3, -0.25) is 14.4 Å². The molecular weight excluding hydrogens is 697 g/mol. The highest BCUT2D eigenvalue weighted by Crippen LogP contribution is 2.17. The lowest BCUT2D eigenvalue weighted by Gasteiger charge is -2.18. The Bertz CT molecular complexity index is 841. The summed E-state index contributed by atoms with van der Waals surface area (Å²) in [6.07, 6.45) is 45.3. The van der Waals surface area contributed by atoms with Crippen LogP contribution in [0.25, 0.3) is 0 Å². The quantitative estimate of drug-likeness (QED) is 0.0347. The summed E-state index contributed by atoms with van der Waals surface area (Å²) in [4.78, 5) is 37.8. The summed E-state index contributed by atoms with van der Waals surface area (Å²) in [7, 11) is 0. The van der Waals surface area contributed by atoms with Crippen LogP contribution < -0.4 is 0 Å². The van der Waals surface area contributed by atoms with Crippen molar-refractivity contribution in [3.63, 3.8) is 0 Å². The minimum Gasteiger partial charge on any atom is -0.462 e. The smallest absolute Gasteiger partial charge is 0.306 e. The lowest BCUT2D eigenvalue weighted by atomic mass is 10.0. The monoisotopic (exact) mass is 793 g/mol. The molecule has 0 aromatic carbocycles. The van der Waals surface area contributed by atoms with Crippen molar-refractivity contribution in [3.8, 4) is 0 Å². The summed E-state index contributed by atoms with van der Waals surface area (Å²) in [5.74, 6) is -0.0709. The van der Waals surface area contributed by atoms with E-state index in [-0.39, 0.29) is 31.1 Å². The maximum atomic E-state index is 12.8. The van der Waals surface area contributed by atoms with Crippen LogP contribution in [-0.4, -0.2) is 37.2 Å². The van der Waals surface area contributed by atoms with Gasteiger partial charge in [0.15, 0.2) is 6.10 Å². The maximum Gasteiger partial charge on any atom is 0.306 e. The zero-order valence-corrected chi connectivity index (χ0v) is 38.1. The van der Waals surface area contributed by atoms with Crippen molar-refractivity contribution in [2.45, 2.75) is 284 Å². The fourth-order valence-electron chi connectivity index (χ4n) is 7.51. The van der Waals surface area contributed by atoms with Crippen LogP contribution in [0.1, 0.15) is 278 Å². The molecule has 0 aromatic heterocycles. The van der Waals surface area contributed by atoms with Crippen molar-refractivity contribution in [2.75, 3.05) is 13.2 Å². The Balaban J connectivity index is 4.25. The molecule has 6 heteroatoms. The van der Waals surface area contributed by atoms with Crippen molar-refractivity contribution < 1.29 is 28.6 Å². The Hall–Kier alpha value is -1.59. The molecule has 0 unspecified atom stereocenters. The number of hydrogen-bond donors (Lipinski definition) is 0. The second-order valence-corrected chi connectivity index (χ2v) is 17.6. The average Bonchev–Trinajstić information content (AvgIpc) is 3.18. The molecule has 0 fully saturated rings. The molecule has 0 aliphatic rings. The number of unbranched alkanes of at least 4 members (excludes halogenated alkanes) is 32. The van der Waals surface area contributed by atoms with Gasteiger partial charge >= 0.3 is 17.9 Å². The van der Waals surface area contributed by atoms with Gasteiger partial charge in [-0.1, -0.05) is 240 Å². The van der Waals surface area contributed by atoms with Crippen LogP contribution in [0.4, 0.5) is 0 Å². The van der Waals surface area contributed by atoms with Gasteiger partial charge < -0.3 is 14.2 Å². The van der Waals surface area contributed by atoms with E-state index in [1.54, 1.807) is 0 Å². The fraction of sp³-hybridized carbons (Fsp3) is 0.940. The van der Waals surface area contributed by atoms with Gasteiger partial charge in [-0.05, 0) is 25.2 Å². The van der Waals surface area contributed by atoms with Crippen LogP contribution in [0.2, 0.25) is 0 Å². The number of esters is 3. The Morgan fingerprint density at radius 1 is 0.339 bits per heavy atom. The Kier molecular flexibility index (Phi) is 43.2. The first kappa shape index (κ1) is 54.4. The van der Waals surface area contributed by atoms with Crippen LogP contribution in [0.3, 0.4) is 0 Å². The predicted molar refractivity (Wildman–Crippen MR) is 238 cm³/mol. The number of ether oxygens (including phenoxy) is 3. The molecule has 0 amide bonds. The third-order valence-electron chi connectivity index (χ3n) is 11.3. The molecular formula is C50H96O6. The average molecular weight is 793 g/mol. The zero-order chi connectivity index (χ0) is 41.0. The minimum absolute atomic E-state index is 0.0639. The SMILES string of the molecule is CCCCCCCCCCCCCCCCCCCCC(=O)O[C@@H](COC(=O)CCCCCCCCCCCC)COC(=O)CCCCCCCCCC(C)C. The first-order valence-electron chi connectivity index (χ1n) is 24.9. The molecule has 0 aliphatic carbocycles. The van der Waals surface area contributed by atoms with E-state index in [0.29, 0.717) is 19.3 Å². The minimum atomic E-state index is -0.760. The third kappa shape index (κ3) is 43.5. The van der Waals surface area contributed by atoms with Crippen LogP contribution in [0.15, 0.2) is 0 Å². The van der Waals surface area contributed by atoms with Crippen LogP contribution in [-0.2, 0) is 28.6 Å². The highest BCUT2D eigenvalue weighted by Gasteiger charge is 2.19. The van der Waals surface area contributed by atoms with E-state index in [9.17, 15) is 14.4 Å². The van der Waals surface area contributed by atoms with E-state index in [4.69, 9.17) is 14.2 Å². The van der Waals surface area contributed by atoms with Crippen molar-refractivity contribution in [1.29, 1.82) is 0 Å². The van der Waals surface area contributed by atoms with E-state index in [0.717, 1.165) is 63.7 Å². The highest BCUT2D eigenvalue weighted by molar-refractivity contribution is 5.71. The fourth-order valence-corrected chi connectivity index (χ4v) is 7.51. The molecule has 0 aromatic rings. The molecule has 0 saturated heterocycles. The summed E-state index contributed by atoms with van der Waals surface area (Å²) < 4.78 is 16.7. The number of rotatable bonds is 45. The Morgan fingerprint density at radius 2 is 0.589 bits per heavy atom. The Labute approximate surface area is 348 Å². The van der Waals surface area contributed by atoms with Crippen molar-refractivity contribution in [1.82, 2.24) is 0 Å². The van der Waals surface area contributed by atoms with Crippen LogP contribution in [0, 0.1) is 5.92 Å². The summed E-state index contributed by atoms with van der Waals surface area (Å²) in [5, 5.41) is 0. The highest BCUT2D eigenvalue weighted by atomic mass is 16.6. The molecule has 332 valence electrons.